The predicted molar refractivity (Wildman–Crippen MR) is 121 cm³/mol. The fourth-order valence-corrected chi connectivity index (χ4v) is 3.98. The topological polar surface area (TPSA) is 87.4 Å². The zero-order valence-electron chi connectivity index (χ0n) is 17.4. The zero-order chi connectivity index (χ0) is 21.1. The van der Waals surface area contributed by atoms with Crippen molar-refractivity contribution in [1.82, 2.24) is 20.3 Å². The summed E-state index contributed by atoms with van der Waals surface area (Å²) in [6.45, 7) is 2.75. The number of benzene rings is 2. The fraction of sp³-hybridized carbons (Fsp3) is 0.261. The first-order valence-electron chi connectivity index (χ1n) is 10.0. The fourth-order valence-electron chi connectivity index (χ4n) is 3.98. The van der Waals surface area contributed by atoms with Gasteiger partial charge in [-0.25, -0.2) is 4.68 Å². The number of hydrogen-bond donors (Lipinski definition) is 3. The second-order valence-electron chi connectivity index (χ2n) is 7.36. The highest BCUT2D eigenvalue weighted by Gasteiger charge is 2.25. The summed E-state index contributed by atoms with van der Waals surface area (Å²) in [7, 11) is 3.65. The molecule has 0 radical (unpaired) electrons. The molecule has 154 valence electrons. The van der Waals surface area contributed by atoms with E-state index < -0.39 is 0 Å². The molecule has 0 fully saturated rings. The molecular formula is C23H26N6O. The molecule has 2 aromatic carbocycles. The summed E-state index contributed by atoms with van der Waals surface area (Å²) in [5, 5.41) is 25.2. The van der Waals surface area contributed by atoms with Crippen molar-refractivity contribution in [3.05, 3.63) is 65.5 Å². The molecule has 1 aliphatic heterocycles. The second kappa shape index (κ2) is 8.41. The monoisotopic (exact) mass is 402 g/mol. The molecule has 1 atom stereocenters. The Morgan fingerprint density at radius 2 is 2.13 bits per heavy atom. The van der Waals surface area contributed by atoms with E-state index in [1.165, 1.54) is 5.56 Å². The van der Waals surface area contributed by atoms with E-state index in [-0.39, 0.29) is 11.8 Å². The van der Waals surface area contributed by atoms with Crippen molar-refractivity contribution in [3.63, 3.8) is 0 Å². The summed E-state index contributed by atoms with van der Waals surface area (Å²) in [6, 6.07) is 13.7. The van der Waals surface area contributed by atoms with Crippen LogP contribution >= 0.6 is 0 Å². The van der Waals surface area contributed by atoms with Crippen LogP contribution in [0.1, 0.15) is 29.3 Å². The molecule has 3 aromatic rings. The molecule has 1 aromatic heterocycles. The number of aliphatic imine (C=N–C) groups is 1. The van der Waals surface area contributed by atoms with Crippen LogP contribution in [-0.4, -0.2) is 40.4 Å². The normalized spacial score (nSPS) is 16.1. The number of anilines is 1. The Morgan fingerprint density at radius 3 is 2.90 bits per heavy atom. The van der Waals surface area contributed by atoms with E-state index in [2.05, 4.69) is 44.1 Å². The number of phenols is 1. The summed E-state index contributed by atoms with van der Waals surface area (Å²) < 4.78 is 1.98. The number of fused-ring (bicyclic) bond motifs is 3. The lowest BCUT2D eigenvalue weighted by Gasteiger charge is -2.21. The van der Waals surface area contributed by atoms with Crippen LogP contribution in [0.15, 0.2) is 53.7 Å². The Kier molecular flexibility index (Phi) is 5.52. The van der Waals surface area contributed by atoms with Crippen LogP contribution in [0.2, 0.25) is 0 Å². The van der Waals surface area contributed by atoms with Gasteiger partial charge in [0.1, 0.15) is 5.75 Å². The van der Waals surface area contributed by atoms with Gasteiger partial charge >= 0.3 is 0 Å². The molecule has 3 N–H and O–H groups in total. The number of aryl methyl sites for hydroxylation is 2. The predicted octanol–water partition coefficient (Wildman–Crippen LogP) is 3.78. The van der Waals surface area contributed by atoms with Gasteiger partial charge in [0.15, 0.2) is 0 Å². The molecule has 0 aliphatic carbocycles. The molecule has 1 unspecified atom stereocenters. The van der Waals surface area contributed by atoms with Gasteiger partial charge in [0.2, 0.25) is 0 Å². The number of nitrogens with one attached hydrogen (secondary N) is 2. The Bertz CT molecular complexity index is 1110. The standard InChI is InChI=1S/C23H26N6O/c1-15-23-20-8-7-16(17(13-24-2)14-25-3)11-21(20)22(9-10-29(23)28-27-15)26-18-5-4-6-19(30)12-18/h4-8,11-14,22,24,26,30H,9-10H2,1-3H3/b17-13+,25-14-. The van der Waals surface area contributed by atoms with Gasteiger partial charge in [0, 0.05) is 55.9 Å². The molecule has 30 heavy (non-hydrogen) atoms. The van der Waals surface area contributed by atoms with Crippen LogP contribution in [0.25, 0.3) is 16.8 Å². The molecule has 0 saturated carbocycles. The van der Waals surface area contributed by atoms with Crippen molar-refractivity contribution in [2.75, 3.05) is 19.4 Å². The Morgan fingerprint density at radius 1 is 1.27 bits per heavy atom. The van der Waals surface area contributed by atoms with Crippen molar-refractivity contribution in [1.29, 1.82) is 0 Å². The molecule has 0 bridgehead atoms. The summed E-state index contributed by atoms with van der Waals surface area (Å²) in [4.78, 5) is 4.20. The van der Waals surface area contributed by atoms with Crippen molar-refractivity contribution < 1.29 is 5.11 Å². The number of hydrogen-bond acceptors (Lipinski definition) is 6. The largest absolute Gasteiger partial charge is 0.508 e. The molecule has 7 nitrogen and oxygen atoms in total. The maximum atomic E-state index is 9.88. The number of allylic oxidation sites excluding steroid dienone is 1. The number of nitrogens with zero attached hydrogens (tertiary/aromatic N) is 4. The molecule has 0 spiro atoms. The van der Waals surface area contributed by atoms with Crippen LogP contribution in [-0.2, 0) is 6.54 Å². The number of rotatable bonds is 5. The van der Waals surface area contributed by atoms with E-state index in [1.54, 1.807) is 19.2 Å². The molecule has 1 aliphatic rings. The van der Waals surface area contributed by atoms with Crippen molar-refractivity contribution >= 4 is 17.5 Å². The maximum absolute atomic E-state index is 9.88. The Hall–Kier alpha value is -3.61. The zero-order valence-corrected chi connectivity index (χ0v) is 17.4. The summed E-state index contributed by atoms with van der Waals surface area (Å²) >= 11 is 0. The van der Waals surface area contributed by atoms with E-state index >= 15 is 0 Å². The summed E-state index contributed by atoms with van der Waals surface area (Å²) in [5.41, 5.74) is 7.23. The van der Waals surface area contributed by atoms with Gasteiger partial charge in [-0.05, 0) is 42.7 Å². The molecular weight excluding hydrogens is 376 g/mol. The average molecular weight is 403 g/mol. The molecule has 0 saturated heterocycles. The lowest BCUT2D eigenvalue weighted by atomic mass is 9.92. The lowest BCUT2D eigenvalue weighted by molar-refractivity contribution is 0.475. The quantitative estimate of drug-likeness (QED) is 0.566. The average Bonchev–Trinajstić information content (AvgIpc) is 3.03. The molecule has 0 amide bonds. The third-order valence-corrected chi connectivity index (χ3v) is 5.30. The van der Waals surface area contributed by atoms with E-state index in [4.69, 9.17) is 0 Å². The Labute approximate surface area is 176 Å². The van der Waals surface area contributed by atoms with Crippen LogP contribution < -0.4 is 10.6 Å². The second-order valence-corrected chi connectivity index (χ2v) is 7.36. The third kappa shape index (κ3) is 3.78. The Balaban J connectivity index is 1.84. The smallest absolute Gasteiger partial charge is 0.117 e. The number of phenolic OH excluding ortho intramolecular Hbond substituents is 1. The molecule has 7 heteroatoms. The highest BCUT2D eigenvalue weighted by molar-refractivity contribution is 6.09. The van der Waals surface area contributed by atoms with Gasteiger partial charge in [0.05, 0.1) is 17.4 Å². The first-order chi connectivity index (χ1) is 14.6. The van der Waals surface area contributed by atoms with E-state index in [1.807, 2.05) is 43.2 Å². The van der Waals surface area contributed by atoms with Crippen molar-refractivity contribution in [2.24, 2.45) is 4.99 Å². The number of aromatic nitrogens is 3. The first-order valence-corrected chi connectivity index (χ1v) is 10.0. The molecule has 4 rings (SSSR count). The van der Waals surface area contributed by atoms with Gasteiger partial charge < -0.3 is 15.7 Å². The highest BCUT2D eigenvalue weighted by Crippen LogP contribution is 2.38. The summed E-state index contributed by atoms with van der Waals surface area (Å²) in [5.74, 6) is 0.244. The van der Waals surface area contributed by atoms with Crippen molar-refractivity contribution in [2.45, 2.75) is 25.9 Å². The van der Waals surface area contributed by atoms with Gasteiger partial charge in [0.25, 0.3) is 0 Å². The van der Waals surface area contributed by atoms with E-state index in [0.29, 0.717) is 0 Å². The summed E-state index contributed by atoms with van der Waals surface area (Å²) in [6.07, 6.45) is 4.64. The lowest BCUT2D eigenvalue weighted by Crippen LogP contribution is -2.13. The van der Waals surface area contributed by atoms with Gasteiger partial charge in [-0.3, -0.25) is 4.99 Å². The van der Waals surface area contributed by atoms with E-state index in [9.17, 15) is 5.11 Å². The van der Waals surface area contributed by atoms with Gasteiger partial charge in [-0.15, -0.1) is 5.10 Å². The molecule has 2 heterocycles. The minimum absolute atomic E-state index is 0.0530. The van der Waals surface area contributed by atoms with E-state index in [0.717, 1.165) is 46.7 Å². The minimum Gasteiger partial charge on any atom is -0.508 e. The van der Waals surface area contributed by atoms with Crippen molar-refractivity contribution in [3.8, 4) is 17.0 Å². The minimum atomic E-state index is 0.0530. The highest BCUT2D eigenvalue weighted by atomic mass is 16.3. The first kappa shape index (κ1) is 19.7. The maximum Gasteiger partial charge on any atom is 0.117 e. The SMILES string of the molecule is C/N=C\C(=C/NC)c1ccc2c(c1)C(Nc1cccc(O)c1)CCn1nnc(C)c1-2. The van der Waals surface area contributed by atoms with Gasteiger partial charge in [-0.1, -0.05) is 23.4 Å². The van der Waals surface area contributed by atoms with Crippen LogP contribution in [0.5, 0.6) is 5.75 Å². The van der Waals surface area contributed by atoms with Gasteiger partial charge in [-0.2, -0.15) is 0 Å². The van der Waals surface area contributed by atoms with Crippen LogP contribution in [0.4, 0.5) is 5.69 Å². The van der Waals surface area contributed by atoms with Crippen LogP contribution in [0.3, 0.4) is 0 Å². The van der Waals surface area contributed by atoms with Crippen LogP contribution in [0, 0.1) is 6.92 Å². The third-order valence-electron chi connectivity index (χ3n) is 5.30. The number of aromatic hydroxyl groups is 1.